The van der Waals surface area contributed by atoms with Crippen molar-refractivity contribution in [3.8, 4) is 0 Å². The number of rotatable bonds is 10. The zero-order chi connectivity index (χ0) is 27.1. The van der Waals surface area contributed by atoms with E-state index in [-0.39, 0.29) is 6.10 Å². The molecule has 1 saturated carbocycles. The number of unbranched alkanes of at least 4 members (excludes halogenated alkanes) is 2. The van der Waals surface area contributed by atoms with Crippen LogP contribution in [0.5, 0.6) is 0 Å². The average Bonchev–Trinajstić information content (AvgIpc) is 3.67. The summed E-state index contributed by atoms with van der Waals surface area (Å²) in [5.74, 6) is -0.325. The number of pyridine rings is 1. The van der Waals surface area contributed by atoms with Crippen LogP contribution in [0.4, 0.5) is 10.2 Å². The Morgan fingerprint density at radius 2 is 2.05 bits per heavy atom. The van der Waals surface area contributed by atoms with Crippen molar-refractivity contribution in [1.82, 2.24) is 9.88 Å². The molecule has 0 bridgehead atoms. The first-order valence-electron chi connectivity index (χ1n) is 14.7. The van der Waals surface area contributed by atoms with E-state index in [1.807, 2.05) is 4.90 Å². The molecular formula is C31H42FN3O4. The lowest BCUT2D eigenvalue weighted by molar-refractivity contribution is -0.150. The van der Waals surface area contributed by atoms with E-state index < -0.39 is 17.8 Å². The standard InChI is InChI=1S/C24H30FN3O3.C7H12O/c25-19-8-4-6-18(14-19)22(24(29)30)28-15-21(16-28)31-13-3-1-2-9-20-11-10-17-7-5-12-26-23(17)27-20;1-2-7(3-4-7)6-8-5-1/h4,6,8,10-11,14,21-22H,1-3,5,7,9,12-13,15-16H2,(H,26,27)(H,29,30);1-6H2. The maximum atomic E-state index is 13.5. The van der Waals surface area contributed by atoms with Crippen LogP contribution < -0.4 is 5.32 Å². The third-order valence-electron chi connectivity index (χ3n) is 8.38. The van der Waals surface area contributed by atoms with E-state index >= 15 is 0 Å². The number of fused-ring (bicyclic) bond motifs is 1. The lowest BCUT2D eigenvalue weighted by Crippen LogP contribution is -2.55. The van der Waals surface area contributed by atoms with Gasteiger partial charge in [-0.25, -0.2) is 9.37 Å². The van der Waals surface area contributed by atoms with Gasteiger partial charge >= 0.3 is 5.97 Å². The summed E-state index contributed by atoms with van der Waals surface area (Å²) in [5, 5.41) is 12.9. The van der Waals surface area contributed by atoms with Crippen LogP contribution in [0.3, 0.4) is 0 Å². The van der Waals surface area contributed by atoms with E-state index in [9.17, 15) is 14.3 Å². The molecule has 3 fully saturated rings. The van der Waals surface area contributed by atoms with Gasteiger partial charge < -0.3 is 19.9 Å². The minimum Gasteiger partial charge on any atom is -0.480 e. The number of aromatic nitrogens is 1. The minimum absolute atomic E-state index is 0.0452. The predicted octanol–water partition coefficient (Wildman–Crippen LogP) is 5.40. The molecule has 1 spiro atoms. The first kappa shape index (κ1) is 28.0. The quantitative estimate of drug-likeness (QED) is 0.392. The molecule has 1 aromatic heterocycles. The Kier molecular flexibility index (Phi) is 9.48. The van der Waals surface area contributed by atoms with Crippen molar-refractivity contribution < 1.29 is 23.8 Å². The third-order valence-corrected chi connectivity index (χ3v) is 8.38. The van der Waals surface area contributed by atoms with Crippen LogP contribution in [-0.2, 0) is 27.1 Å². The number of nitrogens with one attached hydrogen (secondary N) is 1. The van der Waals surface area contributed by atoms with Crippen molar-refractivity contribution in [2.45, 2.75) is 76.4 Å². The normalized spacial score (nSPS) is 20.6. The van der Waals surface area contributed by atoms with Crippen LogP contribution >= 0.6 is 0 Å². The summed E-state index contributed by atoms with van der Waals surface area (Å²) in [6, 6.07) is 9.33. The summed E-state index contributed by atoms with van der Waals surface area (Å²) in [4.78, 5) is 18.2. The molecular weight excluding hydrogens is 497 g/mol. The molecule has 1 atom stereocenters. The maximum absolute atomic E-state index is 13.5. The zero-order valence-corrected chi connectivity index (χ0v) is 22.9. The molecule has 3 aliphatic heterocycles. The van der Waals surface area contributed by atoms with Crippen molar-refractivity contribution in [2.75, 3.05) is 44.8 Å². The van der Waals surface area contributed by atoms with E-state index in [1.165, 1.54) is 49.8 Å². The number of aryl methyl sites for hydroxylation is 2. The second-order valence-electron chi connectivity index (χ2n) is 11.5. The van der Waals surface area contributed by atoms with Crippen LogP contribution in [0.2, 0.25) is 0 Å². The topological polar surface area (TPSA) is 83.9 Å². The molecule has 2 saturated heterocycles. The molecule has 8 heteroatoms. The Morgan fingerprint density at radius 3 is 2.77 bits per heavy atom. The van der Waals surface area contributed by atoms with Crippen LogP contribution in [-0.4, -0.2) is 66.5 Å². The number of carbonyl (C=O) groups is 1. The number of carboxylic acid groups (broad SMARTS) is 1. The molecule has 2 aromatic rings. The summed E-state index contributed by atoms with van der Waals surface area (Å²) in [7, 11) is 0. The highest BCUT2D eigenvalue weighted by Gasteiger charge is 2.43. The summed E-state index contributed by atoms with van der Waals surface area (Å²) in [6.07, 6.45) is 12.0. The number of nitrogens with zero attached hydrogens (tertiary/aromatic N) is 2. The number of ether oxygens (including phenoxy) is 2. The van der Waals surface area contributed by atoms with Gasteiger partial charge in [-0.1, -0.05) is 24.6 Å². The van der Waals surface area contributed by atoms with Crippen molar-refractivity contribution in [2.24, 2.45) is 5.41 Å². The molecule has 0 amide bonds. The Hall–Kier alpha value is -2.55. The zero-order valence-electron chi connectivity index (χ0n) is 22.9. The Balaban J connectivity index is 0.000000325. The van der Waals surface area contributed by atoms with E-state index in [0.29, 0.717) is 30.7 Å². The van der Waals surface area contributed by atoms with Gasteiger partial charge in [-0.15, -0.1) is 0 Å². The Morgan fingerprint density at radius 1 is 1.18 bits per heavy atom. The van der Waals surface area contributed by atoms with E-state index in [4.69, 9.17) is 14.5 Å². The molecule has 2 N–H and O–H groups in total. The van der Waals surface area contributed by atoms with Crippen LogP contribution in [0.15, 0.2) is 36.4 Å². The predicted molar refractivity (Wildman–Crippen MR) is 148 cm³/mol. The molecule has 6 rings (SSSR count). The van der Waals surface area contributed by atoms with Gasteiger partial charge in [-0.2, -0.15) is 0 Å². The van der Waals surface area contributed by atoms with E-state index in [2.05, 4.69) is 17.4 Å². The first-order valence-corrected chi connectivity index (χ1v) is 14.7. The van der Waals surface area contributed by atoms with Crippen molar-refractivity contribution >= 4 is 11.8 Å². The number of anilines is 1. The fourth-order valence-electron chi connectivity index (χ4n) is 5.80. The van der Waals surface area contributed by atoms with Gasteiger partial charge in [0.15, 0.2) is 0 Å². The van der Waals surface area contributed by atoms with Gasteiger partial charge in [0.25, 0.3) is 0 Å². The van der Waals surface area contributed by atoms with Crippen molar-refractivity contribution in [1.29, 1.82) is 0 Å². The second kappa shape index (κ2) is 13.2. The summed E-state index contributed by atoms with van der Waals surface area (Å²) in [5.41, 5.74) is 3.64. The second-order valence-corrected chi connectivity index (χ2v) is 11.5. The highest BCUT2D eigenvalue weighted by Crippen LogP contribution is 2.51. The van der Waals surface area contributed by atoms with Gasteiger partial charge in [0.05, 0.1) is 12.7 Å². The fraction of sp³-hybridized carbons (Fsp3) is 0.613. The van der Waals surface area contributed by atoms with Crippen molar-refractivity contribution in [3.05, 3.63) is 59.0 Å². The highest BCUT2D eigenvalue weighted by atomic mass is 19.1. The van der Waals surface area contributed by atoms with Gasteiger partial charge in [0, 0.05) is 38.5 Å². The number of hydrogen-bond acceptors (Lipinski definition) is 6. The lowest BCUT2D eigenvalue weighted by atomic mass is 10.00. The number of hydrogen-bond donors (Lipinski definition) is 2. The van der Waals surface area contributed by atoms with Crippen LogP contribution in [0, 0.1) is 11.2 Å². The highest BCUT2D eigenvalue weighted by molar-refractivity contribution is 5.75. The molecule has 1 unspecified atom stereocenters. The molecule has 7 nitrogen and oxygen atoms in total. The summed E-state index contributed by atoms with van der Waals surface area (Å²) < 4.78 is 24.7. The lowest BCUT2D eigenvalue weighted by Gasteiger charge is -2.42. The first-order chi connectivity index (χ1) is 19.0. The van der Waals surface area contributed by atoms with Gasteiger partial charge in [0.1, 0.15) is 17.7 Å². The Labute approximate surface area is 231 Å². The number of aliphatic carboxylic acids is 1. The molecule has 212 valence electrons. The molecule has 1 aromatic carbocycles. The van der Waals surface area contributed by atoms with Crippen LogP contribution in [0.25, 0.3) is 0 Å². The molecule has 1 aliphatic carbocycles. The minimum atomic E-state index is -0.963. The largest absolute Gasteiger partial charge is 0.480 e. The third kappa shape index (κ3) is 7.77. The van der Waals surface area contributed by atoms with Crippen molar-refractivity contribution in [3.63, 3.8) is 0 Å². The number of halogens is 1. The number of likely N-dealkylation sites (tertiary alicyclic amines) is 1. The fourth-order valence-corrected chi connectivity index (χ4v) is 5.80. The Bertz CT molecular complexity index is 1090. The number of benzene rings is 1. The van der Waals surface area contributed by atoms with E-state index in [1.54, 1.807) is 12.1 Å². The smallest absolute Gasteiger partial charge is 0.325 e. The molecule has 39 heavy (non-hydrogen) atoms. The van der Waals surface area contributed by atoms with Gasteiger partial charge in [-0.3, -0.25) is 9.69 Å². The van der Waals surface area contributed by atoms with E-state index in [0.717, 1.165) is 63.4 Å². The van der Waals surface area contributed by atoms with Gasteiger partial charge in [-0.05, 0) is 92.5 Å². The summed E-state index contributed by atoms with van der Waals surface area (Å²) >= 11 is 0. The SMILES string of the molecule is C1COCC2(C1)CC2.O=C(O)C(c1cccc(F)c1)N1CC(OCCCCCc2ccc3c(n2)NCCC3)C1. The van der Waals surface area contributed by atoms with Crippen LogP contribution in [0.1, 0.15) is 74.2 Å². The maximum Gasteiger partial charge on any atom is 0.325 e. The molecule has 4 heterocycles. The monoisotopic (exact) mass is 539 g/mol. The molecule has 4 aliphatic rings. The molecule has 0 radical (unpaired) electrons. The number of carboxylic acids is 1. The summed E-state index contributed by atoms with van der Waals surface area (Å²) in [6.45, 7) is 4.87. The average molecular weight is 540 g/mol. The van der Waals surface area contributed by atoms with Gasteiger partial charge in [0.2, 0.25) is 0 Å².